The lowest BCUT2D eigenvalue weighted by Crippen LogP contribution is -2.22. The average molecular weight is 373 g/mol. The first kappa shape index (κ1) is 19.8. The van der Waals surface area contributed by atoms with Gasteiger partial charge in [-0.15, -0.1) is 0 Å². The van der Waals surface area contributed by atoms with Crippen molar-refractivity contribution in [2.75, 3.05) is 11.9 Å². The van der Waals surface area contributed by atoms with Gasteiger partial charge in [-0.05, 0) is 23.3 Å². The molecule has 1 amide bonds. The van der Waals surface area contributed by atoms with Gasteiger partial charge in [0, 0.05) is 5.41 Å². The van der Waals surface area contributed by atoms with Crippen molar-refractivity contribution in [2.45, 2.75) is 19.3 Å². The summed E-state index contributed by atoms with van der Waals surface area (Å²) in [5, 5.41) is 30.3. The Bertz CT molecular complexity index is 875. The van der Waals surface area contributed by atoms with Gasteiger partial charge in [0.2, 0.25) is 0 Å². The zero-order valence-corrected chi connectivity index (χ0v) is 14.7. The lowest BCUT2D eigenvalue weighted by Gasteiger charge is -2.27. The third-order valence-corrected chi connectivity index (χ3v) is 4.12. The number of amides is 1. The summed E-state index contributed by atoms with van der Waals surface area (Å²) in [4.78, 5) is 33.7. The molecular formula is C19H19NO7. The number of carboxylic acids is 2. The van der Waals surface area contributed by atoms with Crippen LogP contribution in [-0.4, -0.2) is 40.0 Å². The van der Waals surface area contributed by atoms with Gasteiger partial charge in [-0.2, -0.15) is 0 Å². The number of nitrogens with one attached hydrogen (secondary N) is 1. The Hall–Kier alpha value is -3.55. The Morgan fingerprint density at radius 2 is 1.67 bits per heavy atom. The predicted octanol–water partition coefficient (Wildman–Crippen LogP) is 3.05. The van der Waals surface area contributed by atoms with Crippen molar-refractivity contribution in [1.29, 1.82) is 0 Å². The molecule has 0 saturated heterocycles. The molecule has 0 aromatic heterocycles. The fourth-order valence-corrected chi connectivity index (χ4v) is 2.55. The molecule has 0 atom stereocenters. The van der Waals surface area contributed by atoms with Crippen molar-refractivity contribution in [3.63, 3.8) is 0 Å². The summed E-state index contributed by atoms with van der Waals surface area (Å²) in [5.41, 5.74) is 0.193. The van der Waals surface area contributed by atoms with Crippen molar-refractivity contribution in [3.05, 3.63) is 59.2 Å². The van der Waals surface area contributed by atoms with Crippen molar-refractivity contribution in [1.82, 2.24) is 0 Å². The molecule has 0 unspecified atom stereocenters. The highest BCUT2D eigenvalue weighted by molar-refractivity contribution is 5.97. The van der Waals surface area contributed by atoms with Gasteiger partial charge >= 0.3 is 18.0 Å². The topological polar surface area (TPSA) is 133 Å². The third-order valence-electron chi connectivity index (χ3n) is 4.12. The second kappa shape index (κ2) is 7.77. The van der Waals surface area contributed by atoms with Gasteiger partial charge in [-0.3, -0.25) is 5.32 Å². The second-order valence-electron chi connectivity index (χ2n) is 6.31. The molecule has 0 saturated carbocycles. The first-order valence-electron chi connectivity index (χ1n) is 7.94. The molecule has 0 heterocycles. The lowest BCUT2D eigenvalue weighted by atomic mass is 9.77. The number of carbonyl (C=O) groups is 3. The van der Waals surface area contributed by atoms with Crippen LogP contribution in [0.2, 0.25) is 0 Å². The SMILES string of the molecule is CC(C)(c1ccccc1)c1cc(NC(=O)OCC(=O)O)c(O)c(C(=O)O)c1. The van der Waals surface area contributed by atoms with Crippen LogP contribution in [0.4, 0.5) is 10.5 Å². The molecule has 0 bridgehead atoms. The first-order valence-corrected chi connectivity index (χ1v) is 7.94. The molecule has 4 N–H and O–H groups in total. The highest BCUT2D eigenvalue weighted by Crippen LogP contribution is 2.38. The number of carbonyl (C=O) groups excluding carboxylic acids is 1. The minimum Gasteiger partial charge on any atom is -0.505 e. The first-order chi connectivity index (χ1) is 12.6. The van der Waals surface area contributed by atoms with Crippen molar-refractivity contribution < 1.29 is 34.4 Å². The number of phenols is 1. The molecule has 0 fully saturated rings. The monoisotopic (exact) mass is 373 g/mol. The average Bonchev–Trinajstić information content (AvgIpc) is 2.62. The zero-order valence-electron chi connectivity index (χ0n) is 14.7. The number of anilines is 1. The van der Waals surface area contributed by atoms with Crippen LogP contribution in [0.5, 0.6) is 5.75 Å². The molecule has 27 heavy (non-hydrogen) atoms. The maximum atomic E-state index is 11.7. The van der Waals surface area contributed by atoms with E-state index in [0.717, 1.165) is 5.56 Å². The van der Waals surface area contributed by atoms with E-state index in [1.165, 1.54) is 12.1 Å². The third kappa shape index (κ3) is 4.55. The van der Waals surface area contributed by atoms with Gasteiger partial charge in [0.1, 0.15) is 5.56 Å². The van der Waals surface area contributed by atoms with E-state index in [0.29, 0.717) is 5.56 Å². The van der Waals surface area contributed by atoms with Crippen LogP contribution in [0, 0.1) is 0 Å². The number of ether oxygens (including phenoxy) is 1. The van der Waals surface area contributed by atoms with Crippen LogP contribution in [-0.2, 0) is 14.9 Å². The van der Waals surface area contributed by atoms with E-state index in [9.17, 15) is 24.6 Å². The minimum absolute atomic E-state index is 0.190. The number of benzene rings is 2. The Kier molecular flexibility index (Phi) is 5.69. The largest absolute Gasteiger partial charge is 0.505 e. The summed E-state index contributed by atoms with van der Waals surface area (Å²) in [7, 11) is 0. The molecule has 142 valence electrons. The quantitative estimate of drug-likeness (QED) is 0.572. The number of hydrogen-bond acceptors (Lipinski definition) is 5. The summed E-state index contributed by atoms with van der Waals surface area (Å²) in [6.07, 6.45) is -1.13. The van der Waals surface area contributed by atoms with Crippen molar-refractivity contribution in [3.8, 4) is 5.75 Å². The highest BCUT2D eigenvalue weighted by atomic mass is 16.6. The van der Waals surface area contributed by atoms with E-state index < -0.39 is 41.4 Å². The van der Waals surface area contributed by atoms with Gasteiger partial charge < -0.3 is 20.1 Å². The minimum atomic E-state index is -1.37. The number of aliphatic carboxylic acids is 1. The van der Waals surface area contributed by atoms with Crippen LogP contribution in [0.25, 0.3) is 0 Å². The Morgan fingerprint density at radius 1 is 1.04 bits per heavy atom. The number of carboxylic acid groups (broad SMARTS) is 2. The molecule has 2 aromatic carbocycles. The zero-order chi connectivity index (χ0) is 20.2. The van der Waals surface area contributed by atoms with Gasteiger partial charge in [0.15, 0.2) is 12.4 Å². The van der Waals surface area contributed by atoms with Crippen LogP contribution in [0.3, 0.4) is 0 Å². The summed E-state index contributed by atoms with van der Waals surface area (Å²) >= 11 is 0. The number of aromatic hydroxyl groups is 1. The summed E-state index contributed by atoms with van der Waals surface area (Å²) in [6, 6.07) is 12.1. The molecular weight excluding hydrogens is 354 g/mol. The summed E-state index contributed by atoms with van der Waals surface area (Å²) in [6.45, 7) is 2.87. The van der Waals surface area contributed by atoms with Gasteiger partial charge in [0.05, 0.1) is 5.69 Å². The van der Waals surface area contributed by atoms with E-state index in [-0.39, 0.29) is 5.69 Å². The molecule has 8 nitrogen and oxygen atoms in total. The molecule has 8 heteroatoms. The van der Waals surface area contributed by atoms with Crippen molar-refractivity contribution in [2.24, 2.45) is 0 Å². The van der Waals surface area contributed by atoms with E-state index in [2.05, 4.69) is 10.1 Å². The molecule has 2 aromatic rings. The smallest absolute Gasteiger partial charge is 0.412 e. The molecule has 2 rings (SSSR count). The predicted molar refractivity (Wildman–Crippen MR) is 96.2 cm³/mol. The standard InChI is InChI=1S/C19H19NO7/c1-19(2,11-6-4-3-5-7-11)12-8-13(17(24)25)16(23)14(9-12)20-18(26)27-10-15(21)22/h3-9,23H,10H2,1-2H3,(H,20,26)(H,21,22)(H,24,25). The second-order valence-corrected chi connectivity index (χ2v) is 6.31. The van der Waals surface area contributed by atoms with Crippen molar-refractivity contribution >= 4 is 23.7 Å². The summed E-state index contributed by atoms with van der Waals surface area (Å²) < 4.78 is 4.46. The fraction of sp³-hybridized carbons (Fsp3) is 0.211. The maximum absolute atomic E-state index is 11.7. The fourth-order valence-electron chi connectivity index (χ4n) is 2.55. The number of hydrogen-bond donors (Lipinski definition) is 4. The van der Waals surface area contributed by atoms with Crippen LogP contribution >= 0.6 is 0 Å². The molecule has 0 aliphatic rings. The van der Waals surface area contributed by atoms with Gasteiger partial charge in [-0.25, -0.2) is 14.4 Å². The highest BCUT2D eigenvalue weighted by Gasteiger charge is 2.27. The Balaban J connectivity index is 2.47. The number of aromatic carboxylic acids is 1. The lowest BCUT2D eigenvalue weighted by molar-refractivity contribution is -0.140. The van der Waals surface area contributed by atoms with E-state index >= 15 is 0 Å². The maximum Gasteiger partial charge on any atom is 0.412 e. The van der Waals surface area contributed by atoms with Crippen LogP contribution in [0.1, 0.15) is 35.3 Å². The molecule has 0 aliphatic carbocycles. The summed E-state index contributed by atoms with van der Waals surface area (Å²) in [5.74, 6) is -3.37. The Labute approximate surface area is 155 Å². The van der Waals surface area contributed by atoms with E-state index in [1.54, 1.807) is 0 Å². The van der Waals surface area contributed by atoms with Crippen LogP contribution in [0.15, 0.2) is 42.5 Å². The number of rotatable bonds is 6. The van der Waals surface area contributed by atoms with Gasteiger partial charge in [0.25, 0.3) is 0 Å². The molecule has 0 radical (unpaired) electrons. The van der Waals surface area contributed by atoms with E-state index in [1.807, 2.05) is 44.2 Å². The van der Waals surface area contributed by atoms with E-state index in [4.69, 9.17) is 5.11 Å². The molecule has 0 spiro atoms. The normalized spacial score (nSPS) is 10.9. The van der Waals surface area contributed by atoms with Crippen LogP contribution < -0.4 is 5.32 Å². The Morgan fingerprint density at radius 3 is 2.22 bits per heavy atom. The molecule has 0 aliphatic heterocycles. The van der Waals surface area contributed by atoms with Gasteiger partial charge in [-0.1, -0.05) is 44.2 Å².